The molecule has 2 heterocycles. The van der Waals surface area contributed by atoms with E-state index in [-0.39, 0.29) is 0 Å². The molecule has 4 nitrogen and oxygen atoms in total. The highest BCUT2D eigenvalue weighted by atomic mass is 32.2. The Bertz CT molecular complexity index is 465. The SMILES string of the molecule is c1csc(Sc2ncc(CNC3CC3)cn2)n1. The minimum atomic E-state index is 0.722. The molecule has 0 saturated heterocycles. The highest BCUT2D eigenvalue weighted by Gasteiger charge is 2.19. The zero-order valence-corrected chi connectivity index (χ0v) is 10.8. The van der Waals surface area contributed by atoms with Crippen molar-refractivity contribution in [1.29, 1.82) is 0 Å². The van der Waals surface area contributed by atoms with Gasteiger partial charge in [0, 0.05) is 42.1 Å². The van der Waals surface area contributed by atoms with Crippen LogP contribution in [0.5, 0.6) is 0 Å². The summed E-state index contributed by atoms with van der Waals surface area (Å²) in [6.45, 7) is 0.868. The number of aromatic nitrogens is 3. The molecule has 0 bridgehead atoms. The van der Waals surface area contributed by atoms with E-state index in [4.69, 9.17) is 0 Å². The highest BCUT2D eigenvalue weighted by Crippen LogP contribution is 2.25. The molecule has 0 aliphatic heterocycles. The first-order chi connectivity index (χ1) is 8.40. The summed E-state index contributed by atoms with van der Waals surface area (Å²) in [5.74, 6) is 0. The summed E-state index contributed by atoms with van der Waals surface area (Å²) in [5, 5.41) is 6.15. The smallest absolute Gasteiger partial charge is 0.194 e. The van der Waals surface area contributed by atoms with Crippen molar-refractivity contribution < 1.29 is 0 Å². The molecule has 3 rings (SSSR count). The van der Waals surface area contributed by atoms with E-state index >= 15 is 0 Å². The molecule has 6 heteroatoms. The van der Waals surface area contributed by atoms with E-state index in [0.717, 1.165) is 27.6 Å². The van der Waals surface area contributed by atoms with Crippen LogP contribution >= 0.6 is 23.1 Å². The first-order valence-corrected chi connectivity index (χ1v) is 7.21. The van der Waals surface area contributed by atoms with Crippen molar-refractivity contribution in [2.45, 2.75) is 34.9 Å². The van der Waals surface area contributed by atoms with Crippen LogP contribution in [0.2, 0.25) is 0 Å². The number of hydrogen-bond donors (Lipinski definition) is 1. The Hall–Kier alpha value is -0.980. The standard InChI is InChI=1S/C11H12N4S2/c1-2-9(1)13-5-8-6-14-10(15-7-8)17-11-12-3-4-16-11/h3-4,6-7,9,13H,1-2,5H2. The first-order valence-electron chi connectivity index (χ1n) is 5.52. The summed E-state index contributed by atoms with van der Waals surface area (Å²) in [6, 6.07) is 0.722. The van der Waals surface area contributed by atoms with Crippen molar-refractivity contribution in [2.75, 3.05) is 0 Å². The van der Waals surface area contributed by atoms with Gasteiger partial charge in [0.25, 0.3) is 0 Å². The van der Waals surface area contributed by atoms with E-state index in [2.05, 4.69) is 20.3 Å². The molecule has 0 atom stereocenters. The fourth-order valence-corrected chi connectivity index (χ4v) is 2.80. The first kappa shape index (κ1) is 11.1. The lowest BCUT2D eigenvalue weighted by Gasteiger charge is -2.02. The molecule has 1 N–H and O–H groups in total. The van der Waals surface area contributed by atoms with Crippen LogP contribution in [0.25, 0.3) is 0 Å². The Morgan fingerprint density at radius 2 is 2.12 bits per heavy atom. The van der Waals surface area contributed by atoms with Crippen LogP contribution in [0.1, 0.15) is 18.4 Å². The van der Waals surface area contributed by atoms with E-state index in [1.54, 1.807) is 17.5 Å². The lowest BCUT2D eigenvalue weighted by atomic mass is 10.3. The van der Waals surface area contributed by atoms with Crippen molar-refractivity contribution >= 4 is 23.1 Å². The van der Waals surface area contributed by atoms with Gasteiger partial charge in [-0.15, -0.1) is 11.3 Å². The van der Waals surface area contributed by atoms with Gasteiger partial charge in [0.1, 0.15) is 0 Å². The van der Waals surface area contributed by atoms with Gasteiger partial charge in [-0.2, -0.15) is 0 Å². The van der Waals surface area contributed by atoms with Crippen LogP contribution in [0.15, 0.2) is 33.5 Å². The lowest BCUT2D eigenvalue weighted by Crippen LogP contribution is -2.15. The van der Waals surface area contributed by atoms with Crippen LogP contribution in [0.4, 0.5) is 0 Å². The predicted octanol–water partition coefficient (Wildman–Crippen LogP) is 2.34. The molecule has 88 valence electrons. The molecule has 1 saturated carbocycles. The van der Waals surface area contributed by atoms with Crippen molar-refractivity contribution in [3.63, 3.8) is 0 Å². The van der Waals surface area contributed by atoms with Gasteiger partial charge in [-0.05, 0) is 24.6 Å². The molecule has 17 heavy (non-hydrogen) atoms. The van der Waals surface area contributed by atoms with Crippen LogP contribution in [0.3, 0.4) is 0 Å². The Labute approximate surface area is 108 Å². The minimum absolute atomic E-state index is 0.722. The normalized spacial score (nSPS) is 15.1. The predicted molar refractivity (Wildman–Crippen MR) is 68.1 cm³/mol. The summed E-state index contributed by atoms with van der Waals surface area (Å²) in [4.78, 5) is 12.9. The second-order valence-electron chi connectivity index (χ2n) is 3.93. The van der Waals surface area contributed by atoms with Crippen molar-refractivity contribution in [3.05, 3.63) is 29.5 Å². The van der Waals surface area contributed by atoms with Gasteiger partial charge in [0.05, 0.1) is 0 Å². The maximum absolute atomic E-state index is 4.33. The summed E-state index contributed by atoms with van der Waals surface area (Å²) >= 11 is 3.11. The van der Waals surface area contributed by atoms with E-state index in [1.165, 1.54) is 24.6 Å². The Morgan fingerprint density at radius 3 is 2.76 bits per heavy atom. The monoisotopic (exact) mass is 264 g/mol. The summed E-state index contributed by atoms with van der Waals surface area (Å²) in [5.41, 5.74) is 1.14. The molecule has 0 aromatic carbocycles. The van der Waals surface area contributed by atoms with E-state index < -0.39 is 0 Å². The number of nitrogens with zero attached hydrogens (tertiary/aromatic N) is 3. The highest BCUT2D eigenvalue weighted by molar-refractivity contribution is 8.00. The third-order valence-corrected chi connectivity index (χ3v) is 4.22. The third-order valence-electron chi connectivity index (χ3n) is 2.44. The summed E-state index contributed by atoms with van der Waals surface area (Å²) in [7, 11) is 0. The molecule has 0 unspecified atom stereocenters. The maximum atomic E-state index is 4.33. The van der Waals surface area contributed by atoms with Crippen LogP contribution in [-0.4, -0.2) is 21.0 Å². The quantitative estimate of drug-likeness (QED) is 0.840. The van der Waals surface area contributed by atoms with Crippen molar-refractivity contribution in [1.82, 2.24) is 20.3 Å². The fourth-order valence-electron chi connectivity index (χ4n) is 1.38. The van der Waals surface area contributed by atoms with Gasteiger partial charge in [0.2, 0.25) is 0 Å². The largest absolute Gasteiger partial charge is 0.310 e. The molecule has 1 aliphatic rings. The van der Waals surface area contributed by atoms with Crippen LogP contribution in [-0.2, 0) is 6.54 Å². The average molecular weight is 264 g/mol. The number of nitrogens with one attached hydrogen (secondary N) is 1. The third kappa shape index (κ3) is 3.24. The van der Waals surface area contributed by atoms with Gasteiger partial charge in [-0.25, -0.2) is 15.0 Å². The number of hydrogen-bond acceptors (Lipinski definition) is 6. The summed E-state index contributed by atoms with van der Waals surface area (Å²) in [6.07, 6.45) is 8.18. The Morgan fingerprint density at radius 1 is 1.29 bits per heavy atom. The second-order valence-corrected chi connectivity index (χ2v) is 6.04. The zero-order valence-electron chi connectivity index (χ0n) is 9.17. The maximum Gasteiger partial charge on any atom is 0.194 e. The molecule has 0 spiro atoms. The van der Waals surface area contributed by atoms with Crippen LogP contribution < -0.4 is 5.32 Å². The van der Waals surface area contributed by atoms with Crippen molar-refractivity contribution in [3.8, 4) is 0 Å². The molecule has 1 fully saturated rings. The van der Waals surface area contributed by atoms with E-state index in [9.17, 15) is 0 Å². The lowest BCUT2D eigenvalue weighted by molar-refractivity contribution is 0.680. The van der Waals surface area contributed by atoms with Gasteiger partial charge >= 0.3 is 0 Å². The topological polar surface area (TPSA) is 50.7 Å². The van der Waals surface area contributed by atoms with E-state index in [1.807, 2.05) is 17.8 Å². The molecule has 0 amide bonds. The van der Waals surface area contributed by atoms with Gasteiger partial charge in [0.15, 0.2) is 9.50 Å². The fraction of sp³-hybridized carbons (Fsp3) is 0.364. The van der Waals surface area contributed by atoms with Gasteiger partial charge < -0.3 is 5.32 Å². The van der Waals surface area contributed by atoms with Crippen molar-refractivity contribution in [2.24, 2.45) is 0 Å². The Kier molecular flexibility index (Phi) is 3.35. The van der Waals surface area contributed by atoms with Gasteiger partial charge in [-0.3, -0.25) is 0 Å². The summed E-state index contributed by atoms with van der Waals surface area (Å²) < 4.78 is 0.980. The molecular weight excluding hydrogens is 252 g/mol. The number of thiazole rings is 1. The molecular formula is C11H12N4S2. The molecule has 0 radical (unpaired) electrons. The molecule has 2 aromatic heterocycles. The zero-order chi connectivity index (χ0) is 11.5. The van der Waals surface area contributed by atoms with Gasteiger partial charge in [-0.1, -0.05) is 0 Å². The average Bonchev–Trinajstić information content (AvgIpc) is 3.05. The van der Waals surface area contributed by atoms with Crippen LogP contribution in [0, 0.1) is 0 Å². The van der Waals surface area contributed by atoms with E-state index in [0.29, 0.717) is 0 Å². The Balaban J connectivity index is 1.58. The molecule has 1 aliphatic carbocycles. The minimum Gasteiger partial charge on any atom is -0.310 e. The second kappa shape index (κ2) is 5.12. The molecule has 2 aromatic rings. The number of rotatable bonds is 5.